The number of para-hydroxylation sites is 1. The molecule has 2 amide bonds. The number of carbonyl (C=O) groups is 2. The highest BCUT2D eigenvalue weighted by molar-refractivity contribution is 5.96. The van der Waals surface area contributed by atoms with Crippen molar-refractivity contribution in [2.45, 2.75) is 60.0 Å². The Morgan fingerprint density at radius 2 is 1.53 bits per heavy atom. The molecule has 2 aromatic carbocycles. The summed E-state index contributed by atoms with van der Waals surface area (Å²) >= 11 is 0. The molecule has 0 fully saturated rings. The number of hydrogen-bond acceptors (Lipinski definition) is 3. The lowest BCUT2D eigenvalue weighted by Gasteiger charge is -2.26. The molecule has 2 atom stereocenters. The number of aryl methyl sites for hydroxylation is 3. The van der Waals surface area contributed by atoms with Gasteiger partial charge in [-0.05, 0) is 55.4 Å². The maximum absolute atomic E-state index is 12.6. The lowest BCUT2D eigenvalue weighted by Crippen LogP contribution is -2.46. The molecular weight excluding hydrogens is 374 g/mol. The Balaban J connectivity index is 1.92. The fraction of sp³-hybridized carbons (Fsp3) is 0.440. The smallest absolute Gasteiger partial charge is 0.243 e. The molecule has 0 bridgehead atoms. The van der Waals surface area contributed by atoms with Crippen LogP contribution in [0.2, 0.25) is 0 Å². The van der Waals surface area contributed by atoms with Crippen molar-refractivity contribution < 1.29 is 9.59 Å². The zero-order chi connectivity index (χ0) is 22.3. The summed E-state index contributed by atoms with van der Waals surface area (Å²) in [5.74, 6) is -0.106. The van der Waals surface area contributed by atoms with Crippen LogP contribution < -0.4 is 16.0 Å². The van der Waals surface area contributed by atoms with Crippen molar-refractivity contribution in [1.29, 1.82) is 0 Å². The van der Waals surface area contributed by atoms with E-state index in [-0.39, 0.29) is 24.4 Å². The minimum Gasteiger partial charge on any atom is -0.346 e. The molecule has 162 valence electrons. The summed E-state index contributed by atoms with van der Waals surface area (Å²) in [6.07, 6.45) is 1.00. The van der Waals surface area contributed by atoms with Gasteiger partial charge in [0.25, 0.3) is 0 Å². The Morgan fingerprint density at radius 3 is 2.07 bits per heavy atom. The van der Waals surface area contributed by atoms with Crippen molar-refractivity contribution in [3.05, 3.63) is 64.7 Å². The van der Waals surface area contributed by atoms with Crippen LogP contribution in [0.25, 0.3) is 0 Å². The third kappa shape index (κ3) is 6.42. The van der Waals surface area contributed by atoms with E-state index in [9.17, 15) is 9.59 Å². The molecule has 0 aromatic heterocycles. The fourth-order valence-electron chi connectivity index (χ4n) is 3.50. The molecule has 30 heavy (non-hydrogen) atoms. The van der Waals surface area contributed by atoms with Gasteiger partial charge in [0.1, 0.15) is 0 Å². The van der Waals surface area contributed by atoms with Crippen molar-refractivity contribution in [3.63, 3.8) is 0 Å². The molecule has 0 aliphatic carbocycles. The van der Waals surface area contributed by atoms with Gasteiger partial charge in [-0.25, -0.2) is 0 Å². The van der Waals surface area contributed by atoms with Crippen molar-refractivity contribution in [3.8, 4) is 0 Å². The third-order valence-corrected chi connectivity index (χ3v) is 5.41. The van der Waals surface area contributed by atoms with Gasteiger partial charge in [-0.1, -0.05) is 63.2 Å². The quantitative estimate of drug-likeness (QED) is 0.578. The number of anilines is 1. The molecule has 5 heteroatoms. The van der Waals surface area contributed by atoms with Gasteiger partial charge in [0.05, 0.1) is 12.6 Å². The minimum atomic E-state index is -0.420. The molecule has 0 saturated carbocycles. The monoisotopic (exact) mass is 409 g/mol. The van der Waals surface area contributed by atoms with Crippen LogP contribution in [0, 0.1) is 19.8 Å². The average molecular weight is 410 g/mol. The molecule has 0 aliphatic heterocycles. The van der Waals surface area contributed by atoms with E-state index in [1.54, 1.807) is 0 Å². The van der Waals surface area contributed by atoms with Gasteiger partial charge in [0.15, 0.2) is 0 Å². The van der Waals surface area contributed by atoms with Crippen LogP contribution in [0.15, 0.2) is 42.5 Å². The van der Waals surface area contributed by atoms with Gasteiger partial charge in [0, 0.05) is 11.7 Å². The molecule has 0 radical (unpaired) electrons. The van der Waals surface area contributed by atoms with E-state index in [2.05, 4.69) is 61.0 Å². The molecule has 0 spiro atoms. The standard InChI is InChI=1S/C25H35N3O2/c1-7-20-11-13-21(14-12-20)23(16(2)3)27-19(6)25(30)26-15-22(29)28-24-17(4)9-8-10-18(24)5/h8-14,16,19,23,27H,7,15H2,1-6H3,(H,26,30)(H,28,29)/t19-,23-/m0/s1. The van der Waals surface area contributed by atoms with Crippen LogP contribution in [-0.4, -0.2) is 24.4 Å². The number of rotatable bonds is 9. The molecule has 0 aliphatic rings. The predicted molar refractivity (Wildman–Crippen MR) is 124 cm³/mol. The first-order chi connectivity index (χ1) is 14.2. The first-order valence-electron chi connectivity index (χ1n) is 10.7. The number of nitrogens with one attached hydrogen (secondary N) is 3. The zero-order valence-corrected chi connectivity index (χ0v) is 19.0. The molecular formula is C25H35N3O2. The van der Waals surface area contributed by atoms with E-state index in [1.165, 1.54) is 5.56 Å². The highest BCUT2D eigenvalue weighted by Gasteiger charge is 2.22. The van der Waals surface area contributed by atoms with E-state index in [4.69, 9.17) is 0 Å². The van der Waals surface area contributed by atoms with Gasteiger partial charge in [-0.15, -0.1) is 0 Å². The first kappa shape index (κ1) is 23.6. The molecule has 0 saturated heterocycles. The molecule has 0 unspecified atom stereocenters. The molecule has 5 nitrogen and oxygen atoms in total. The van der Waals surface area contributed by atoms with Crippen LogP contribution in [-0.2, 0) is 16.0 Å². The maximum atomic E-state index is 12.6. The van der Waals surface area contributed by atoms with Crippen molar-refractivity contribution >= 4 is 17.5 Å². The van der Waals surface area contributed by atoms with Crippen molar-refractivity contribution in [2.75, 3.05) is 11.9 Å². The van der Waals surface area contributed by atoms with Crippen LogP contribution in [0.5, 0.6) is 0 Å². The summed E-state index contributed by atoms with van der Waals surface area (Å²) in [4.78, 5) is 24.9. The summed E-state index contributed by atoms with van der Waals surface area (Å²) < 4.78 is 0. The van der Waals surface area contributed by atoms with Crippen LogP contribution in [0.3, 0.4) is 0 Å². The van der Waals surface area contributed by atoms with Crippen LogP contribution in [0.4, 0.5) is 5.69 Å². The zero-order valence-electron chi connectivity index (χ0n) is 19.0. The third-order valence-electron chi connectivity index (χ3n) is 5.41. The Hall–Kier alpha value is -2.66. The second kappa shape index (κ2) is 10.9. The number of benzene rings is 2. The van der Waals surface area contributed by atoms with Gasteiger partial charge in [0.2, 0.25) is 11.8 Å². The Bertz CT molecular complexity index is 839. The highest BCUT2D eigenvalue weighted by Crippen LogP contribution is 2.23. The molecule has 2 aromatic rings. The van der Waals surface area contributed by atoms with E-state index in [1.807, 2.05) is 39.0 Å². The Kier molecular flexibility index (Phi) is 8.60. The summed E-state index contributed by atoms with van der Waals surface area (Å²) in [7, 11) is 0. The topological polar surface area (TPSA) is 70.2 Å². The molecule has 3 N–H and O–H groups in total. The lowest BCUT2D eigenvalue weighted by molar-refractivity contribution is -0.125. The van der Waals surface area contributed by atoms with Gasteiger partial charge < -0.3 is 10.6 Å². The normalized spacial score (nSPS) is 13.0. The second-order valence-electron chi connectivity index (χ2n) is 8.24. The fourth-order valence-corrected chi connectivity index (χ4v) is 3.50. The summed E-state index contributed by atoms with van der Waals surface area (Å²) in [6, 6.07) is 14.0. The first-order valence-corrected chi connectivity index (χ1v) is 10.7. The van der Waals surface area contributed by atoms with Crippen molar-refractivity contribution in [2.24, 2.45) is 5.92 Å². The van der Waals surface area contributed by atoms with Gasteiger partial charge in [-0.3, -0.25) is 14.9 Å². The summed E-state index contributed by atoms with van der Waals surface area (Å²) in [5, 5.41) is 9.05. The van der Waals surface area contributed by atoms with Gasteiger partial charge >= 0.3 is 0 Å². The number of hydrogen-bond donors (Lipinski definition) is 3. The van der Waals surface area contributed by atoms with E-state index >= 15 is 0 Å². The van der Waals surface area contributed by atoms with E-state index < -0.39 is 6.04 Å². The Labute approximate surface area is 180 Å². The molecule has 2 rings (SSSR count). The Morgan fingerprint density at radius 1 is 0.933 bits per heavy atom. The highest BCUT2D eigenvalue weighted by atomic mass is 16.2. The molecule has 0 heterocycles. The predicted octanol–water partition coefficient (Wildman–Crippen LogP) is 4.30. The number of amides is 2. The van der Waals surface area contributed by atoms with Crippen molar-refractivity contribution in [1.82, 2.24) is 10.6 Å². The minimum absolute atomic E-state index is 0.0556. The maximum Gasteiger partial charge on any atom is 0.243 e. The second-order valence-corrected chi connectivity index (χ2v) is 8.24. The summed E-state index contributed by atoms with van der Waals surface area (Å²) in [6.45, 7) is 12.1. The summed E-state index contributed by atoms with van der Waals surface area (Å²) in [5.41, 5.74) is 5.26. The van der Waals surface area contributed by atoms with E-state index in [0.717, 1.165) is 28.8 Å². The lowest BCUT2D eigenvalue weighted by atomic mass is 9.94. The largest absolute Gasteiger partial charge is 0.346 e. The number of carbonyl (C=O) groups excluding carboxylic acids is 2. The van der Waals surface area contributed by atoms with Crippen LogP contribution >= 0.6 is 0 Å². The van der Waals surface area contributed by atoms with E-state index in [0.29, 0.717) is 5.92 Å². The van der Waals surface area contributed by atoms with Gasteiger partial charge in [-0.2, -0.15) is 0 Å². The van der Waals surface area contributed by atoms with Crippen LogP contribution in [0.1, 0.15) is 56.0 Å². The average Bonchev–Trinajstić information content (AvgIpc) is 2.72. The SMILES string of the molecule is CCc1ccc([C@@H](N[C@@H](C)C(=O)NCC(=O)Nc2c(C)cccc2C)C(C)C)cc1.